The van der Waals surface area contributed by atoms with E-state index in [1.165, 1.54) is 5.56 Å². The molecule has 1 fully saturated rings. The van der Waals surface area contributed by atoms with Gasteiger partial charge in [0.2, 0.25) is 5.91 Å². The van der Waals surface area contributed by atoms with Crippen molar-refractivity contribution in [1.82, 2.24) is 15.5 Å². The third kappa shape index (κ3) is 7.63. The van der Waals surface area contributed by atoms with Crippen LogP contribution in [-0.4, -0.2) is 56.6 Å². The number of benzene rings is 1. The Morgan fingerprint density at radius 1 is 1.27 bits per heavy atom. The highest BCUT2D eigenvalue weighted by molar-refractivity contribution is 14.0. The molecular weight excluding hydrogens is 491 g/mol. The fraction of sp³-hybridized carbons (Fsp3) is 0.652. The van der Waals surface area contributed by atoms with E-state index in [-0.39, 0.29) is 29.9 Å². The maximum Gasteiger partial charge on any atom is 0.225 e. The molecule has 1 aliphatic rings. The van der Waals surface area contributed by atoms with E-state index in [9.17, 15) is 4.79 Å². The lowest BCUT2D eigenvalue weighted by Gasteiger charge is -2.34. The molecule has 1 saturated heterocycles. The van der Waals surface area contributed by atoms with Gasteiger partial charge in [-0.05, 0) is 56.2 Å². The Morgan fingerprint density at radius 3 is 2.50 bits per heavy atom. The molecule has 2 rings (SSSR count). The normalized spacial score (nSPS) is 15.0. The van der Waals surface area contributed by atoms with Crippen molar-refractivity contribution in [2.45, 2.75) is 58.9 Å². The summed E-state index contributed by atoms with van der Waals surface area (Å²) in [6.07, 6.45) is 4.68. The zero-order valence-corrected chi connectivity index (χ0v) is 21.5. The number of carbonyl (C=O) groups excluding carboxylic acids is 1. The standard InChI is InChI=1S/C23H38N4O2.HI/c1-6-19(7-2)22(28)27-14-11-20(12-15-27)26-23(24-4)25-13-10-18-9-8-17(3)21(16-18)29-5;/h8-9,16,19-20H,6-7,10-15H2,1-5H3,(H2,24,25,26);1H. The molecule has 0 radical (unpaired) electrons. The molecule has 7 heteroatoms. The molecule has 2 N–H and O–H groups in total. The first-order chi connectivity index (χ1) is 14.0. The lowest BCUT2D eigenvalue weighted by molar-refractivity contribution is -0.136. The van der Waals surface area contributed by atoms with Crippen molar-refractivity contribution in [3.63, 3.8) is 0 Å². The lowest BCUT2D eigenvalue weighted by atomic mass is 9.98. The van der Waals surface area contributed by atoms with Gasteiger partial charge in [-0.15, -0.1) is 24.0 Å². The quantitative estimate of drug-likeness (QED) is 0.305. The molecule has 30 heavy (non-hydrogen) atoms. The van der Waals surface area contributed by atoms with E-state index in [4.69, 9.17) is 4.74 Å². The SMILES string of the molecule is CCC(CC)C(=O)N1CCC(NC(=NC)NCCc2ccc(C)c(OC)c2)CC1.I. The van der Waals surface area contributed by atoms with Crippen LogP contribution in [0.15, 0.2) is 23.2 Å². The van der Waals surface area contributed by atoms with Gasteiger partial charge in [-0.2, -0.15) is 0 Å². The lowest BCUT2D eigenvalue weighted by Crippen LogP contribution is -2.50. The molecule has 0 bridgehead atoms. The number of nitrogens with one attached hydrogen (secondary N) is 2. The van der Waals surface area contributed by atoms with Gasteiger partial charge < -0.3 is 20.3 Å². The van der Waals surface area contributed by atoms with E-state index >= 15 is 0 Å². The zero-order valence-electron chi connectivity index (χ0n) is 19.2. The Balaban J connectivity index is 0.00000450. The van der Waals surface area contributed by atoms with Crippen LogP contribution in [0.2, 0.25) is 0 Å². The number of halogens is 1. The number of aryl methyl sites for hydroxylation is 1. The van der Waals surface area contributed by atoms with Crippen molar-refractivity contribution >= 4 is 35.8 Å². The van der Waals surface area contributed by atoms with Crippen LogP contribution in [0.25, 0.3) is 0 Å². The Kier molecular flexibility index (Phi) is 12.1. The number of aliphatic imine (C=N–C) groups is 1. The molecule has 1 aromatic rings. The molecule has 1 aromatic carbocycles. The van der Waals surface area contributed by atoms with Crippen molar-refractivity contribution in [2.24, 2.45) is 10.9 Å². The average molecular weight is 530 g/mol. The average Bonchev–Trinajstić information content (AvgIpc) is 2.75. The van der Waals surface area contributed by atoms with Gasteiger partial charge in [-0.25, -0.2) is 0 Å². The van der Waals surface area contributed by atoms with E-state index in [1.807, 2.05) is 4.90 Å². The number of carbonyl (C=O) groups is 1. The predicted molar refractivity (Wildman–Crippen MR) is 135 cm³/mol. The highest BCUT2D eigenvalue weighted by atomic mass is 127. The number of nitrogens with zero attached hydrogens (tertiary/aromatic N) is 2. The molecule has 6 nitrogen and oxygen atoms in total. The fourth-order valence-corrected chi connectivity index (χ4v) is 3.87. The van der Waals surface area contributed by atoms with Gasteiger partial charge in [0.1, 0.15) is 5.75 Å². The van der Waals surface area contributed by atoms with E-state index in [1.54, 1.807) is 14.2 Å². The minimum atomic E-state index is 0. The molecule has 1 heterocycles. The van der Waals surface area contributed by atoms with Gasteiger partial charge in [-0.3, -0.25) is 9.79 Å². The molecule has 170 valence electrons. The number of hydrogen-bond acceptors (Lipinski definition) is 3. The monoisotopic (exact) mass is 530 g/mol. The van der Waals surface area contributed by atoms with Crippen molar-refractivity contribution in [3.05, 3.63) is 29.3 Å². The third-order valence-electron chi connectivity index (χ3n) is 5.88. The summed E-state index contributed by atoms with van der Waals surface area (Å²) in [4.78, 5) is 18.9. The Labute approximate surface area is 199 Å². The number of piperidine rings is 1. The molecule has 0 saturated carbocycles. The summed E-state index contributed by atoms with van der Waals surface area (Å²) in [5.74, 6) is 2.26. The number of guanidine groups is 1. The fourth-order valence-electron chi connectivity index (χ4n) is 3.87. The second-order valence-corrected chi connectivity index (χ2v) is 7.81. The largest absolute Gasteiger partial charge is 0.496 e. The van der Waals surface area contributed by atoms with Crippen molar-refractivity contribution in [2.75, 3.05) is 33.8 Å². The van der Waals surface area contributed by atoms with Crippen LogP contribution in [0.3, 0.4) is 0 Å². The number of methoxy groups -OCH3 is 1. The highest BCUT2D eigenvalue weighted by Gasteiger charge is 2.26. The Morgan fingerprint density at radius 2 is 1.93 bits per heavy atom. The van der Waals surface area contributed by atoms with Gasteiger partial charge in [0.15, 0.2) is 5.96 Å². The molecule has 0 unspecified atom stereocenters. The van der Waals surface area contributed by atoms with E-state index in [0.717, 1.165) is 69.0 Å². The number of ether oxygens (including phenoxy) is 1. The van der Waals surface area contributed by atoms with E-state index < -0.39 is 0 Å². The van der Waals surface area contributed by atoms with Crippen LogP contribution < -0.4 is 15.4 Å². The highest BCUT2D eigenvalue weighted by Crippen LogP contribution is 2.19. The summed E-state index contributed by atoms with van der Waals surface area (Å²) < 4.78 is 5.40. The minimum absolute atomic E-state index is 0. The number of amides is 1. The summed E-state index contributed by atoms with van der Waals surface area (Å²) in [6.45, 7) is 8.71. The number of hydrogen-bond donors (Lipinski definition) is 2. The second-order valence-electron chi connectivity index (χ2n) is 7.81. The first kappa shape index (κ1) is 26.5. The van der Waals surface area contributed by atoms with Crippen LogP contribution in [0.4, 0.5) is 0 Å². The Bertz CT molecular complexity index is 684. The van der Waals surface area contributed by atoms with Crippen LogP contribution in [0.1, 0.15) is 50.7 Å². The van der Waals surface area contributed by atoms with Crippen molar-refractivity contribution in [3.8, 4) is 5.75 Å². The molecule has 1 amide bonds. The van der Waals surface area contributed by atoms with Gasteiger partial charge >= 0.3 is 0 Å². The van der Waals surface area contributed by atoms with Crippen LogP contribution in [0, 0.1) is 12.8 Å². The first-order valence-corrected chi connectivity index (χ1v) is 10.9. The second kappa shape index (κ2) is 13.7. The zero-order chi connectivity index (χ0) is 21.2. The summed E-state index contributed by atoms with van der Waals surface area (Å²) >= 11 is 0. The van der Waals surface area contributed by atoms with Gasteiger partial charge in [0.25, 0.3) is 0 Å². The number of likely N-dealkylation sites (tertiary alicyclic amines) is 1. The summed E-state index contributed by atoms with van der Waals surface area (Å²) in [6, 6.07) is 6.69. The molecule has 0 aliphatic carbocycles. The molecular formula is C23H39IN4O2. The molecule has 0 atom stereocenters. The number of rotatable bonds is 8. The molecule has 1 aliphatic heterocycles. The van der Waals surface area contributed by atoms with Gasteiger partial charge in [0.05, 0.1) is 7.11 Å². The van der Waals surface area contributed by atoms with Crippen molar-refractivity contribution in [1.29, 1.82) is 0 Å². The maximum absolute atomic E-state index is 12.5. The van der Waals surface area contributed by atoms with Crippen LogP contribution in [0.5, 0.6) is 5.75 Å². The predicted octanol–water partition coefficient (Wildman–Crippen LogP) is 3.76. The summed E-state index contributed by atoms with van der Waals surface area (Å²) in [5.41, 5.74) is 2.39. The van der Waals surface area contributed by atoms with Gasteiger partial charge in [0, 0.05) is 38.6 Å². The van der Waals surface area contributed by atoms with E-state index in [0.29, 0.717) is 11.9 Å². The first-order valence-electron chi connectivity index (χ1n) is 10.9. The topological polar surface area (TPSA) is 66.0 Å². The van der Waals surface area contributed by atoms with Crippen LogP contribution >= 0.6 is 24.0 Å². The smallest absolute Gasteiger partial charge is 0.225 e. The minimum Gasteiger partial charge on any atom is -0.496 e. The van der Waals surface area contributed by atoms with Crippen LogP contribution in [-0.2, 0) is 11.2 Å². The van der Waals surface area contributed by atoms with Crippen molar-refractivity contribution < 1.29 is 9.53 Å². The summed E-state index contributed by atoms with van der Waals surface area (Å²) in [5, 5.41) is 6.92. The van der Waals surface area contributed by atoms with Gasteiger partial charge in [-0.1, -0.05) is 26.0 Å². The molecule has 0 spiro atoms. The Hall–Kier alpha value is -1.51. The maximum atomic E-state index is 12.5. The summed E-state index contributed by atoms with van der Waals surface area (Å²) in [7, 11) is 3.51. The van der Waals surface area contributed by atoms with E-state index in [2.05, 4.69) is 54.6 Å². The third-order valence-corrected chi connectivity index (χ3v) is 5.88. The molecule has 0 aromatic heterocycles.